The maximum absolute atomic E-state index is 14.4. The van der Waals surface area contributed by atoms with Crippen LogP contribution in [-0.2, 0) is 0 Å². The Labute approximate surface area is 139 Å². The van der Waals surface area contributed by atoms with Gasteiger partial charge in [0.25, 0.3) is 0 Å². The molecule has 7 heteroatoms. The van der Waals surface area contributed by atoms with Crippen LogP contribution in [0.2, 0.25) is 0 Å². The van der Waals surface area contributed by atoms with Crippen molar-refractivity contribution in [1.29, 1.82) is 0 Å². The van der Waals surface area contributed by atoms with Crippen LogP contribution in [0.15, 0.2) is 36.7 Å². The molecule has 3 heterocycles. The molecule has 124 valence electrons. The molecular formula is C17H19FN6. The average molecular weight is 326 g/mol. The Morgan fingerprint density at radius 2 is 2.04 bits per heavy atom. The molecule has 2 aromatic heterocycles. The minimum absolute atomic E-state index is 0.277. The van der Waals surface area contributed by atoms with Crippen LogP contribution in [0.3, 0.4) is 0 Å². The summed E-state index contributed by atoms with van der Waals surface area (Å²) in [5.41, 5.74) is 2.74. The van der Waals surface area contributed by atoms with Gasteiger partial charge in [-0.3, -0.25) is 0 Å². The molecule has 4 rings (SSSR count). The van der Waals surface area contributed by atoms with Gasteiger partial charge in [0, 0.05) is 56.2 Å². The Balaban J connectivity index is 1.89. The Morgan fingerprint density at radius 1 is 1.12 bits per heavy atom. The van der Waals surface area contributed by atoms with Crippen molar-refractivity contribution in [3.05, 3.63) is 42.5 Å². The highest BCUT2D eigenvalue weighted by Gasteiger charge is 2.15. The summed E-state index contributed by atoms with van der Waals surface area (Å²) < 4.78 is 16.1. The van der Waals surface area contributed by atoms with Crippen LogP contribution >= 0.6 is 0 Å². The van der Waals surface area contributed by atoms with E-state index in [-0.39, 0.29) is 5.82 Å². The van der Waals surface area contributed by atoms with Gasteiger partial charge in [0.05, 0.1) is 6.20 Å². The van der Waals surface area contributed by atoms with Gasteiger partial charge in [-0.25, -0.2) is 13.9 Å². The average Bonchev–Trinajstić information content (AvgIpc) is 3.01. The molecular weight excluding hydrogens is 307 g/mol. The fraction of sp³-hybridized carbons (Fsp3) is 0.294. The van der Waals surface area contributed by atoms with Crippen molar-refractivity contribution in [3.8, 4) is 11.1 Å². The SMILES string of the molecule is CN1CCNCCNc2ccc(F)c(c2)-c2cnn3ccc1nc23. The smallest absolute Gasteiger partial charge is 0.165 e. The first kappa shape index (κ1) is 14.9. The minimum Gasteiger partial charge on any atom is -0.384 e. The van der Waals surface area contributed by atoms with Gasteiger partial charge in [0.15, 0.2) is 5.65 Å². The van der Waals surface area contributed by atoms with Crippen molar-refractivity contribution in [2.45, 2.75) is 0 Å². The zero-order valence-electron chi connectivity index (χ0n) is 13.5. The van der Waals surface area contributed by atoms with E-state index in [0.717, 1.165) is 37.7 Å². The Kier molecular flexibility index (Phi) is 3.78. The largest absolute Gasteiger partial charge is 0.384 e. The van der Waals surface area contributed by atoms with Gasteiger partial charge in [-0.05, 0) is 24.3 Å². The lowest BCUT2D eigenvalue weighted by atomic mass is 10.1. The predicted octanol–water partition coefficient (Wildman–Crippen LogP) is 1.99. The summed E-state index contributed by atoms with van der Waals surface area (Å²) >= 11 is 0. The highest BCUT2D eigenvalue weighted by molar-refractivity contribution is 5.80. The standard InChI is InChI=1S/C17H19FN6/c1-23-9-7-19-5-6-20-12-2-3-15(18)13(10-12)14-11-21-24-8-4-16(23)22-17(14)24/h2-4,8,10-11,19-20H,5-7,9H2,1H3. The molecule has 0 atom stereocenters. The van der Waals surface area contributed by atoms with E-state index in [1.165, 1.54) is 6.07 Å². The summed E-state index contributed by atoms with van der Waals surface area (Å²) in [5, 5.41) is 11.0. The van der Waals surface area contributed by atoms with Gasteiger partial charge in [0.2, 0.25) is 0 Å². The molecule has 0 saturated heterocycles. The molecule has 1 aliphatic heterocycles. The molecule has 2 N–H and O–H groups in total. The van der Waals surface area contributed by atoms with Crippen LogP contribution in [-0.4, -0.2) is 47.8 Å². The molecule has 0 spiro atoms. The van der Waals surface area contributed by atoms with Crippen molar-refractivity contribution in [2.75, 3.05) is 43.4 Å². The summed E-state index contributed by atoms with van der Waals surface area (Å²) in [7, 11) is 2.00. The van der Waals surface area contributed by atoms with E-state index < -0.39 is 0 Å². The topological polar surface area (TPSA) is 57.5 Å². The molecule has 1 aliphatic rings. The zero-order chi connectivity index (χ0) is 16.5. The van der Waals surface area contributed by atoms with Crippen molar-refractivity contribution in [1.82, 2.24) is 19.9 Å². The fourth-order valence-corrected chi connectivity index (χ4v) is 2.89. The lowest BCUT2D eigenvalue weighted by Crippen LogP contribution is -2.32. The molecule has 6 nitrogen and oxygen atoms in total. The summed E-state index contributed by atoms with van der Waals surface area (Å²) in [4.78, 5) is 6.77. The second-order valence-corrected chi connectivity index (χ2v) is 5.91. The van der Waals surface area contributed by atoms with Crippen molar-refractivity contribution >= 4 is 17.2 Å². The van der Waals surface area contributed by atoms with Crippen molar-refractivity contribution < 1.29 is 4.39 Å². The van der Waals surface area contributed by atoms with Crippen molar-refractivity contribution in [2.24, 2.45) is 0 Å². The molecule has 0 aliphatic carbocycles. The van der Waals surface area contributed by atoms with E-state index in [1.54, 1.807) is 16.8 Å². The van der Waals surface area contributed by atoms with E-state index >= 15 is 0 Å². The number of nitrogens with one attached hydrogen (secondary N) is 2. The third kappa shape index (κ3) is 2.67. The second kappa shape index (κ2) is 6.09. The van der Waals surface area contributed by atoms with Crippen LogP contribution in [0.25, 0.3) is 16.8 Å². The molecule has 0 fully saturated rings. The highest BCUT2D eigenvalue weighted by Crippen LogP contribution is 2.29. The van der Waals surface area contributed by atoms with Crippen molar-refractivity contribution in [3.63, 3.8) is 0 Å². The van der Waals surface area contributed by atoms with Gasteiger partial charge < -0.3 is 15.5 Å². The minimum atomic E-state index is -0.277. The second-order valence-electron chi connectivity index (χ2n) is 5.91. The van der Waals surface area contributed by atoms with Crippen LogP contribution in [0.1, 0.15) is 0 Å². The molecule has 0 radical (unpaired) electrons. The Hall–Kier alpha value is -2.67. The number of hydrogen-bond acceptors (Lipinski definition) is 5. The number of hydrogen-bond donors (Lipinski definition) is 2. The van der Waals surface area contributed by atoms with E-state index in [9.17, 15) is 4.39 Å². The van der Waals surface area contributed by atoms with E-state index in [4.69, 9.17) is 4.98 Å². The molecule has 0 saturated carbocycles. The molecule has 4 bridgehead atoms. The quantitative estimate of drug-likeness (QED) is 0.662. The fourth-order valence-electron chi connectivity index (χ4n) is 2.89. The molecule has 1 aromatic carbocycles. The number of nitrogens with zero attached hydrogens (tertiary/aromatic N) is 4. The summed E-state index contributed by atoms with van der Waals surface area (Å²) in [6, 6.07) is 6.97. The lowest BCUT2D eigenvalue weighted by Gasteiger charge is -2.19. The number of likely N-dealkylation sites (N-methyl/N-ethyl adjacent to an activating group) is 1. The third-order valence-electron chi connectivity index (χ3n) is 4.26. The monoisotopic (exact) mass is 326 g/mol. The predicted molar refractivity (Wildman–Crippen MR) is 93.0 cm³/mol. The summed E-state index contributed by atoms with van der Waals surface area (Å²) in [6.45, 7) is 3.33. The molecule has 0 amide bonds. The van der Waals surface area contributed by atoms with E-state index in [1.807, 2.05) is 25.4 Å². The third-order valence-corrected chi connectivity index (χ3v) is 4.26. The zero-order valence-corrected chi connectivity index (χ0v) is 13.5. The van der Waals surface area contributed by atoms with E-state index in [2.05, 4.69) is 20.6 Å². The normalized spacial score (nSPS) is 15.3. The first-order valence-corrected chi connectivity index (χ1v) is 8.02. The number of fused-ring (bicyclic) bond motifs is 4. The summed E-state index contributed by atoms with van der Waals surface area (Å²) in [6.07, 6.45) is 3.53. The Bertz CT molecular complexity index is 875. The van der Waals surface area contributed by atoms with Crippen LogP contribution in [0.5, 0.6) is 0 Å². The number of benzene rings is 1. The first-order valence-electron chi connectivity index (χ1n) is 8.02. The van der Waals surface area contributed by atoms with Crippen LogP contribution in [0, 0.1) is 5.82 Å². The lowest BCUT2D eigenvalue weighted by molar-refractivity contribution is 0.631. The van der Waals surface area contributed by atoms with Gasteiger partial charge in [-0.1, -0.05) is 0 Å². The number of aromatic nitrogens is 3. The number of anilines is 2. The van der Waals surface area contributed by atoms with Gasteiger partial charge >= 0.3 is 0 Å². The van der Waals surface area contributed by atoms with Gasteiger partial charge in [-0.15, -0.1) is 0 Å². The number of halogens is 1. The highest BCUT2D eigenvalue weighted by atomic mass is 19.1. The van der Waals surface area contributed by atoms with Crippen LogP contribution < -0.4 is 15.5 Å². The van der Waals surface area contributed by atoms with Crippen LogP contribution in [0.4, 0.5) is 15.9 Å². The Morgan fingerprint density at radius 3 is 2.96 bits per heavy atom. The molecule has 0 unspecified atom stereocenters. The maximum atomic E-state index is 14.4. The van der Waals surface area contributed by atoms with Gasteiger partial charge in [0.1, 0.15) is 11.6 Å². The van der Waals surface area contributed by atoms with Gasteiger partial charge in [-0.2, -0.15) is 5.10 Å². The summed E-state index contributed by atoms with van der Waals surface area (Å²) in [5.74, 6) is 0.569. The maximum Gasteiger partial charge on any atom is 0.165 e. The number of rotatable bonds is 0. The molecule has 24 heavy (non-hydrogen) atoms. The molecule has 3 aromatic rings. The first-order chi connectivity index (χ1) is 11.7. The van der Waals surface area contributed by atoms with E-state index in [0.29, 0.717) is 16.8 Å².